The van der Waals surface area contributed by atoms with Crippen molar-refractivity contribution in [1.82, 2.24) is 9.21 Å². The van der Waals surface area contributed by atoms with Crippen LogP contribution in [0.15, 0.2) is 35.2 Å². The lowest BCUT2D eigenvalue weighted by atomic mass is 10.1. The number of nitrogens with zero attached hydrogens (tertiary/aromatic N) is 2. The zero-order valence-electron chi connectivity index (χ0n) is 15.7. The van der Waals surface area contributed by atoms with Crippen LogP contribution in [0.5, 0.6) is 0 Å². The van der Waals surface area contributed by atoms with Crippen molar-refractivity contribution in [1.29, 1.82) is 0 Å². The zero-order chi connectivity index (χ0) is 18.7. The van der Waals surface area contributed by atoms with Crippen molar-refractivity contribution in [2.24, 2.45) is 5.92 Å². The minimum atomic E-state index is -3.62. The third-order valence-electron chi connectivity index (χ3n) is 5.37. The molecule has 0 spiro atoms. The molecule has 3 rings (SSSR count). The van der Waals surface area contributed by atoms with Crippen molar-refractivity contribution in [3.8, 4) is 0 Å². The van der Waals surface area contributed by atoms with Crippen LogP contribution >= 0.6 is 0 Å². The van der Waals surface area contributed by atoms with Gasteiger partial charge in [-0.1, -0.05) is 32.0 Å². The van der Waals surface area contributed by atoms with Gasteiger partial charge in [-0.15, -0.1) is 0 Å². The third kappa shape index (κ3) is 3.94. The van der Waals surface area contributed by atoms with Crippen LogP contribution in [-0.2, 0) is 14.8 Å². The number of hydrogen-bond acceptors (Lipinski definition) is 3. The van der Waals surface area contributed by atoms with Crippen LogP contribution < -0.4 is 4.90 Å². The van der Waals surface area contributed by atoms with Crippen LogP contribution in [0.2, 0.25) is 0 Å². The van der Waals surface area contributed by atoms with E-state index in [9.17, 15) is 13.2 Å². The molecule has 0 aliphatic carbocycles. The van der Waals surface area contributed by atoms with Gasteiger partial charge in [-0.3, -0.25) is 4.79 Å². The summed E-state index contributed by atoms with van der Waals surface area (Å²) in [5, 5.41) is 0. The van der Waals surface area contributed by atoms with Gasteiger partial charge in [0.25, 0.3) is 5.91 Å². The number of nitrogens with one attached hydrogen (secondary N) is 1. The SMILES string of the molecule is CC(C)[C@H]1N(C(=O)C[NH+]2CCCC2)CCCN1S(=O)(=O)c1ccccc1. The molecule has 1 aromatic rings. The molecule has 2 saturated heterocycles. The minimum Gasteiger partial charge on any atom is -0.327 e. The predicted molar refractivity (Wildman–Crippen MR) is 100 cm³/mol. The first-order valence-corrected chi connectivity index (χ1v) is 11.0. The molecule has 6 nitrogen and oxygen atoms in total. The second-order valence-corrected chi connectivity index (χ2v) is 9.55. The molecule has 0 saturated carbocycles. The Morgan fingerprint density at radius 3 is 2.38 bits per heavy atom. The van der Waals surface area contributed by atoms with Crippen molar-refractivity contribution >= 4 is 15.9 Å². The number of benzene rings is 1. The molecule has 2 heterocycles. The molecule has 1 atom stereocenters. The molecule has 1 N–H and O–H groups in total. The van der Waals surface area contributed by atoms with E-state index in [0.717, 1.165) is 13.1 Å². The molecule has 0 radical (unpaired) electrons. The van der Waals surface area contributed by atoms with Gasteiger partial charge in [0.15, 0.2) is 6.54 Å². The highest BCUT2D eigenvalue weighted by Crippen LogP contribution is 2.28. The number of carbonyl (C=O) groups excluding carboxylic acids is 1. The summed E-state index contributed by atoms with van der Waals surface area (Å²) < 4.78 is 27.9. The van der Waals surface area contributed by atoms with Gasteiger partial charge in [0.1, 0.15) is 6.17 Å². The third-order valence-corrected chi connectivity index (χ3v) is 7.25. The first kappa shape index (κ1) is 19.3. The Kier molecular flexibility index (Phi) is 5.99. The fourth-order valence-electron chi connectivity index (χ4n) is 4.14. The summed E-state index contributed by atoms with van der Waals surface area (Å²) in [5.74, 6) is 0.111. The molecule has 1 amide bonds. The van der Waals surface area contributed by atoms with E-state index in [2.05, 4.69) is 0 Å². The van der Waals surface area contributed by atoms with E-state index in [1.165, 1.54) is 22.0 Å². The fraction of sp³-hybridized carbons (Fsp3) is 0.632. The lowest BCUT2D eigenvalue weighted by Crippen LogP contribution is -3.11. The summed E-state index contributed by atoms with van der Waals surface area (Å²) in [6, 6.07) is 8.54. The number of quaternary nitrogens is 1. The molecule has 26 heavy (non-hydrogen) atoms. The fourth-order valence-corrected chi connectivity index (χ4v) is 5.92. The lowest BCUT2D eigenvalue weighted by Gasteiger charge is -2.45. The molecular formula is C19H30N3O3S+. The molecular weight excluding hydrogens is 350 g/mol. The Balaban J connectivity index is 1.85. The van der Waals surface area contributed by atoms with E-state index in [-0.39, 0.29) is 11.8 Å². The van der Waals surface area contributed by atoms with Gasteiger partial charge in [-0.05, 0) is 24.5 Å². The maximum absolute atomic E-state index is 13.2. The van der Waals surface area contributed by atoms with Crippen LogP contribution in [0.25, 0.3) is 0 Å². The number of likely N-dealkylation sites (tertiary alicyclic amines) is 1. The van der Waals surface area contributed by atoms with Crippen molar-refractivity contribution in [2.45, 2.75) is 44.2 Å². The Morgan fingerprint density at radius 2 is 1.77 bits per heavy atom. The molecule has 1 aromatic carbocycles. The average Bonchev–Trinajstić information content (AvgIpc) is 3.14. The van der Waals surface area contributed by atoms with E-state index < -0.39 is 16.2 Å². The Morgan fingerprint density at radius 1 is 1.12 bits per heavy atom. The molecule has 7 heteroatoms. The Labute approximate surface area is 156 Å². The van der Waals surface area contributed by atoms with Crippen molar-refractivity contribution in [3.63, 3.8) is 0 Å². The Bertz CT molecular complexity index is 715. The van der Waals surface area contributed by atoms with Crippen molar-refractivity contribution < 1.29 is 18.1 Å². The standard InChI is InChI=1S/C19H29N3O3S/c1-16(2)19-21(18(23)15-20-11-6-7-12-20)13-8-14-22(19)26(24,25)17-9-4-3-5-10-17/h3-5,9-10,16,19H,6-8,11-15H2,1-2H3/p+1/t19-/m0/s1. The van der Waals surface area contributed by atoms with E-state index in [4.69, 9.17) is 0 Å². The molecule has 0 aromatic heterocycles. The molecule has 0 unspecified atom stereocenters. The van der Waals surface area contributed by atoms with Gasteiger partial charge in [-0.25, -0.2) is 8.42 Å². The number of hydrogen-bond donors (Lipinski definition) is 1. The minimum absolute atomic E-state index is 0.0336. The van der Waals surface area contributed by atoms with Crippen LogP contribution in [0.4, 0.5) is 0 Å². The summed E-state index contributed by atoms with van der Waals surface area (Å²) in [4.78, 5) is 16.4. The first-order chi connectivity index (χ1) is 12.4. The Hall–Kier alpha value is -1.44. The van der Waals surface area contributed by atoms with Gasteiger partial charge in [0.2, 0.25) is 10.0 Å². The maximum Gasteiger partial charge on any atom is 0.279 e. The maximum atomic E-state index is 13.2. The highest BCUT2D eigenvalue weighted by Gasteiger charge is 2.42. The predicted octanol–water partition coefficient (Wildman–Crippen LogP) is 0.570. The number of carbonyl (C=O) groups is 1. The quantitative estimate of drug-likeness (QED) is 0.812. The normalized spacial score (nSPS) is 22.9. The molecule has 2 aliphatic rings. The summed E-state index contributed by atoms with van der Waals surface area (Å²) in [6.07, 6.45) is 2.61. The average molecular weight is 381 g/mol. The number of rotatable bonds is 5. The molecule has 2 fully saturated rings. The highest BCUT2D eigenvalue weighted by atomic mass is 32.2. The molecule has 2 aliphatic heterocycles. The topological polar surface area (TPSA) is 62.1 Å². The smallest absolute Gasteiger partial charge is 0.279 e. The zero-order valence-corrected chi connectivity index (χ0v) is 16.5. The van der Waals surface area contributed by atoms with Crippen molar-refractivity contribution in [3.05, 3.63) is 30.3 Å². The summed E-state index contributed by atoms with van der Waals surface area (Å²) in [7, 11) is -3.62. The van der Waals surface area contributed by atoms with Crippen LogP contribution in [0.1, 0.15) is 33.1 Å². The largest absolute Gasteiger partial charge is 0.327 e. The van der Waals surface area contributed by atoms with E-state index in [1.54, 1.807) is 29.2 Å². The van der Waals surface area contributed by atoms with Crippen LogP contribution in [-0.4, -0.2) is 62.4 Å². The van der Waals surface area contributed by atoms with E-state index in [1.807, 2.05) is 19.9 Å². The summed E-state index contributed by atoms with van der Waals surface area (Å²) >= 11 is 0. The monoisotopic (exact) mass is 380 g/mol. The number of sulfonamides is 1. The van der Waals surface area contributed by atoms with Crippen molar-refractivity contribution in [2.75, 3.05) is 32.7 Å². The first-order valence-electron chi connectivity index (χ1n) is 9.61. The van der Waals surface area contributed by atoms with E-state index >= 15 is 0 Å². The van der Waals surface area contributed by atoms with Crippen LogP contribution in [0.3, 0.4) is 0 Å². The second kappa shape index (κ2) is 8.06. The summed E-state index contributed by atoms with van der Waals surface area (Å²) in [6.45, 7) is 7.63. The van der Waals surface area contributed by atoms with Gasteiger partial charge in [0.05, 0.1) is 18.0 Å². The molecule has 0 bridgehead atoms. The highest BCUT2D eigenvalue weighted by molar-refractivity contribution is 7.89. The van der Waals surface area contributed by atoms with Crippen LogP contribution in [0, 0.1) is 5.92 Å². The number of amides is 1. The van der Waals surface area contributed by atoms with E-state index in [0.29, 0.717) is 31.0 Å². The van der Waals surface area contributed by atoms with Gasteiger partial charge in [0, 0.05) is 25.9 Å². The van der Waals surface area contributed by atoms with Gasteiger partial charge in [-0.2, -0.15) is 4.31 Å². The summed E-state index contributed by atoms with van der Waals surface area (Å²) in [5.41, 5.74) is 0. The van der Waals surface area contributed by atoms with Gasteiger partial charge >= 0.3 is 0 Å². The molecule has 144 valence electrons. The van der Waals surface area contributed by atoms with Gasteiger partial charge < -0.3 is 9.80 Å². The lowest BCUT2D eigenvalue weighted by molar-refractivity contribution is -0.879. The second-order valence-electron chi connectivity index (χ2n) is 7.66.